The van der Waals surface area contributed by atoms with E-state index in [2.05, 4.69) is 23.8 Å². The van der Waals surface area contributed by atoms with Crippen LogP contribution in [0.2, 0.25) is 0 Å². The summed E-state index contributed by atoms with van der Waals surface area (Å²) >= 11 is 0. The Bertz CT molecular complexity index is 346. The first kappa shape index (κ1) is 12.8. The van der Waals surface area contributed by atoms with Gasteiger partial charge in [0, 0.05) is 19.6 Å². The summed E-state index contributed by atoms with van der Waals surface area (Å²) in [6.07, 6.45) is 0.824. The maximum Gasteiger partial charge on any atom is 0.150 e. The van der Waals surface area contributed by atoms with E-state index in [-0.39, 0.29) is 12.6 Å². The molecule has 0 aliphatic heterocycles. The lowest BCUT2D eigenvalue weighted by Gasteiger charge is -2.28. The van der Waals surface area contributed by atoms with Gasteiger partial charge in [-0.15, -0.1) is 0 Å². The van der Waals surface area contributed by atoms with Gasteiger partial charge < -0.3 is 15.7 Å². The van der Waals surface area contributed by atoms with Crippen LogP contribution in [0.15, 0.2) is 0 Å². The van der Waals surface area contributed by atoms with E-state index >= 15 is 0 Å². The van der Waals surface area contributed by atoms with Crippen molar-refractivity contribution in [2.45, 2.75) is 33.2 Å². The van der Waals surface area contributed by atoms with Crippen molar-refractivity contribution in [3.8, 4) is 0 Å². The number of hydrogen-bond acceptors (Lipinski definition) is 4. The van der Waals surface area contributed by atoms with Gasteiger partial charge in [-0.25, -0.2) is 0 Å². The molecule has 5 heteroatoms. The minimum atomic E-state index is 0.115. The van der Waals surface area contributed by atoms with Crippen LogP contribution in [-0.4, -0.2) is 34.1 Å². The van der Waals surface area contributed by atoms with Gasteiger partial charge in [0.15, 0.2) is 5.82 Å². The van der Waals surface area contributed by atoms with Crippen LogP contribution in [0, 0.1) is 0 Å². The van der Waals surface area contributed by atoms with Crippen LogP contribution in [0.4, 0.5) is 11.5 Å². The van der Waals surface area contributed by atoms with Crippen molar-refractivity contribution >= 4 is 11.5 Å². The minimum Gasteiger partial charge on any atom is -0.395 e. The van der Waals surface area contributed by atoms with Gasteiger partial charge >= 0.3 is 0 Å². The molecule has 0 amide bonds. The average Bonchev–Trinajstić information content (AvgIpc) is 2.51. The zero-order chi connectivity index (χ0) is 12.3. The second-order valence-electron chi connectivity index (χ2n) is 4.17. The Balaban J connectivity index is 3.13. The molecular formula is C11H22N4O. The number of nitrogens with zero attached hydrogens (tertiary/aromatic N) is 3. The number of nitrogen functional groups attached to an aromatic ring is 1. The first-order valence-electron chi connectivity index (χ1n) is 5.71. The van der Waals surface area contributed by atoms with Gasteiger partial charge in [0.2, 0.25) is 0 Å². The van der Waals surface area contributed by atoms with Crippen molar-refractivity contribution in [3.05, 3.63) is 5.69 Å². The Kier molecular flexibility index (Phi) is 4.18. The number of hydrogen-bond donors (Lipinski definition) is 2. The minimum absolute atomic E-state index is 0.115. The lowest BCUT2D eigenvalue weighted by molar-refractivity contribution is 0.298. The quantitative estimate of drug-likeness (QED) is 0.778. The maximum atomic E-state index is 9.08. The van der Waals surface area contributed by atoms with Crippen molar-refractivity contribution in [1.29, 1.82) is 0 Å². The predicted octanol–water partition coefficient (Wildman–Crippen LogP) is 0.772. The van der Waals surface area contributed by atoms with E-state index in [1.165, 1.54) is 0 Å². The number of aliphatic hydroxyl groups excluding tert-OH is 1. The number of aliphatic hydroxyl groups is 1. The van der Waals surface area contributed by atoms with Crippen molar-refractivity contribution in [1.82, 2.24) is 9.78 Å². The molecule has 0 spiro atoms. The smallest absolute Gasteiger partial charge is 0.150 e. The van der Waals surface area contributed by atoms with E-state index in [0.29, 0.717) is 6.54 Å². The molecule has 3 N–H and O–H groups in total. The van der Waals surface area contributed by atoms with Crippen molar-refractivity contribution in [2.75, 3.05) is 23.8 Å². The molecule has 1 rings (SSSR count). The maximum absolute atomic E-state index is 9.08. The van der Waals surface area contributed by atoms with E-state index in [0.717, 1.165) is 23.6 Å². The molecular weight excluding hydrogens is 204 g/mol. The summed E-state index contributed by atoms with van der Waals surface area (Å²) in [6.45, 7) is 6.88. The molecule has 0 aromatic carbocycles. The fourth-order valence-electron chi connectivity index (χ4n) is 1.90. The molecule has 0 saturated heterocycles. The SMILES string of the molecule is CCc1nn(C)c(N(CCO)C(C)C)c1N. The molecule has 0 radical (unpaired) electrons. The summed E-state index contributed by atoms with van der Waals surface area (Å²) in [5.74, 6) is 0.904. The molecule has 0 unspecified atom stereocenters. The monoisotopic (exact) mass is 226 g/mol. The molecule has 16 heavy (non-hydrogen) atoms. The Labute approximate surface area is 96.9 Å². The van der Waals surface area contributed by atoms with E-state index in [9.17, 15) is 0 Å². The molecule has 0 saturated carbocycles. The van der Waals surface area contributed by atoms with Gasteiger partial charge in [-0.3, -0.25) is 4.68 Å². The third-order valence-electron chi connectivity index (χ3n) is 2.70. The highest BCUT2D eigenvalue weighted by atomic mass is 16.3. The largest absolute Gasteiger partial charge is 0.395 e. The second-order valence-corrected chi connectivity index (χ2v) is 4.17. The Morgan fingerprint density at radius 1 is 1.50 bits per heavy atom. The van der Waals surface area contributed by atoms with E-state index < -0.39 is 0 Å². The summed E-state index contributed by atoms with van der Waals surface area (Å²) in [5, 5.41) is 13.5. The molecule has 1 aromatic heterocycles. The van der Waals surface area contributed by atoms with Gasteiger partial charge in [-0.1, -0.05) is 6.92 Å². The van der Waals surface area contributed by atoms with Crippen molar-refractivity contribution in [2.24, 2.45) is 7.05 Å². The summed E-state index contributed by atoms with van der Waals surface area (Å²) < 4.78 is 1.80. The second kappa shape index (κ2) is 5.21. The number of anilines is 2. The van der Waals surface area contributed by atoms with E-state index in [4.69, 9.17) is 10.8 Å². The average molecular weight is 226 g/mol. The third-order valence-corrected chi connectivity index (χ3v) is 2.70. The van der Waals surface area contributed by atoms with Crippen LogP contribution in [0.25, 0.3) is 0 Å². The van der Waals surface area contributed by atoms with Gasteiger partial charge in [0.25, 0.3) is 0 Å². The van der Waals surface area contributed by atoms with Gasteiger partial charge in [-0.05, 0) is 20.3 Å². The lowest BCUT2D eigenvalue weighted by atomic mass is 10.2. The van der Waals surface area contributed by atoms with Crippen molar-refractivity contribution in [3.63, 3.8) is 0 Å². The third kappa shape index (κ3) is 2.29. The summed E-state index contributed by atoms with van der Waals surface area (Å²) in [6, 6.07) is 0.287. The molecule has 1 heterocycles. The zero-order valence-electron chi connectivity index (χ0n) is 10.6. The molecule has 0 aliphatic carbocycles. The summed E-state index contributed by atoms with van der Waals surface area (Å²) in [7, 11) is 1.89. The first-order chi connectivity index (χ1) is 7.52. The number of aryl methyl sites for hydroxylation is 2. The van der Waals surface area contributed by atoms with Crippen LogP contribution in [-0.2, 0) is 13.5 Å². The zero-order valence-corrected chi connectivity index (χ0v) is 10.6. The first-order valence-corrected chi connectivity index (χ1v) is 5.71. The molecule has 0 bridgehead atoms. The summed E-state index contributed by atoms with van der Waals surface area (Å²) in [5.41, 5.74) is 7.72. The Morgan fingerprint density at radius 2 is 2.12 bits per heavy atom. The Hall–Kier alpha value is -1.23. The predicted molar refractivity (Wildman–Crippen MR) is 66.6 cm³/mol. The van der Waals surface area contributed by atoms with Gasteiger partial charge in [0.05, 0.1) is 18.0 Å². The lowest BCUT2D eigenvalue weighted by Crippen LogP contribution is -2.35. The van der Waals surface area contributed by atoms with Gasteiger partial charge in [0.1, 0.15) is 0 Å². The fourth-order valence-corrected chi connectivity index (χ4v) is 1.90. The molecule has 92 valence electrons. The molecule has 1 aromatic rings. The van der Waals surface area contributed by atoms with Crippen molar-refractivity contribution < 1.29 is 5.11 Å². The highest BCUT2D eigenvalue weighted by molar-refractivity contribution is 5.66. The molecule has 0 atom stereocenters. The van der Waals surface area contributed by atoms with Crippen LogP contribution >= 0.6 is 0 Å². The van der Waals surface area contributed by atoms with Crippen LogP contribution < -0.4 is 10.6 Å². The number of aromatic nitrogens is 2. The number of rotatable bonds is 5. The number of nitrogens with two attached hydrogens (primary N) is 1. The molecule has 5 nitrogen and oxygen atoms in total. The van der Waals surface area contributed by atoms with E-state index in [1.807, 2.05) is 14.0 Å². The van der Waals surface area contributed by atoms with Gasteiger partial charge in [-0.2, -0.15) is 5.10 Å². The summed E-state index contributed by atoms with van der Waals surface area (Å²) in [4.78, 5) is 2.07. The fraction of sp³-hybridized carbons (Fsp3) is 0.727. The standard InChI is InChI=1S/C11H22N4O/c1-5-9-10(12)11(14(4)13-9)15(6-7-16)8(2)3/h8,16H,5-7,12H2,1-4H3. The highest BCUT2D eigenvalue weighted by Crippen LogP contribution is 2.27. The van der Waals surface area contributed by atoms with E-state index in [1.54, 1.807) is 4.68 Å². The molecule has 0 aliphatic rings. The van der Waals surface area contributed by atoms with Crippen LogP contribution in [0.1, 0.15) is 26.5 Å². The topological polar surface area (TPSA) is 67.3 Å². The van der Waals surface area contributed by atoms with Crippen LogP contribution in [0.3, 0.4) is 0 Å². The highest BCUT2D eigenvalue weighted by Gasteiger charge is 2.20. The molecule has 0 fully saturated rings. The normalized spacial score (nSPS) is 11.1. The van der Waals surface area contributed by atoms with Crippen LogP contribution in [0.5, 0.6) is 0 Å². The Morgan fingerprint density at radius 3 is 2.50 bits per heavy atom.